The molecule has 0 fully saturated rings. The minimum Gasteiger partial charge on any atom is -0.423 e. The maximum atomic E-state index is 11.7. The van der Waals surface area contributed by atoms with Gasteiger partial charge in [0.2, 0.25) is 10.0 Å². The lowest BCUT2D eigenvalue weighted by Crippen LogP contribution is -2.12. The van der Waals surface area contributed by atoms with Crippen LogP contribution >= 0.6 is 0 Å². The van der Waals surface area contributed by atoms with E-state index in [1.54, 1.807) is 30.3 Å². The van der Waals surface area contributed by atoms with Gasteiger partial charge < -0.3 is 4.74 Å². The average molecular weight is 277 g/mol. The molecule has 2 N–H and O–H groups in total. The van der Waals surface area contributed by atoms with Crippen molar-refractivity contribution < 1.29 is 17.9 Å². The molecular formula is C13H11NO4S. The average Bonchev–Trinajstić information content (AvgIpc) is 2.39. The minimum absolute atomic E-state index is 0.0352. The Morgan fingerprint density at radius 2 is 1.53 bits per heavy atom. The molecule has 0 aromatic heterocycles. The Balaban J connectivity index is 2.15. The molecule has 0 unspecified atom stereocenters. The predicted molar refractivity (Wildman–Crippen MR) is 69.2 cm³/mol. The molecule has 0 bridgehead atoms. The molecule has 0 saturated heterocycles. The third-order valence-electron chi connectivity index (χ3n) is 2.37. The second-order valence-electron chi connectivity index (χ2n) is 3.77. The summed E-state index contributed by atoms with van der Waals surface area (Å²) in [7, 11) is -3.74. The monoisotopic (exact) mass is 277 g/mol. The van der Waals surface area contributed by atoms with Crippen LogP contribution in [0.2, 0.25) is 0 Å². The lowest BCUT2D eigenvalue weighted by molar-refractivity contribution is 0.0734. The third-order valence-corrected chi connectivity index (χ3v) is 3.30. The van der Waals surface area contributed by atoms with Gasteiger partial charge in [-0.2, -0.15) is 0 Å². The molecule has 0 saturated carbocycles. The quantitative estimate of drug-likeness (QED) is 0.681. The molecule has 2 aromatic rings. The number of carbonyl (C=O) groups excluding carboxylic acids is 1. The van der Waals surface area contributed by atoms with E-state index in [4.69, 9.17) is 9.88 Å². The van der Waals surface area contributed by atoms with Crippen molar-refractivity contribution in [2.24, 2.45) is 5.14 Å². The summed E-state index contributed by atoms with van der Waals surface area (Å²) in [6, 6.07) is 13.8. The highest BCUT2D eigenvalue weighted by molar-refractivity contribution is 7.89. The van der Waals surface area contributed by atoms with Crippen LogP contribution in [0.1, 0.15) is 10.4 Å². The van der Waals surface area contributed by atoms with Crippen molar-refractivity contribution in [3.05, 3.63) is 60.2 Å². The Morgan fingerprint density at radius 1 is 0.947 bits per heavy atom. The van der Waals surface area contributed by atoms with Crippen molar-refractivity contribution in [3.8, 4) is 5.75 Å². The van der Waals surface area contributed by atoms with Gasteiger partial charge in [-0.05, 0) is 36.4 Å². The van der Waals surface area contributed by atoms with Gasteiger partial charge in [0.15, 0.2) is 0 Å². The van der Waals surface area contributed by atoms with Crippen LogP contribution in [0.25, 0.3) is 0 Å². The molecule has 0 aliphatic rings. The van der Waals surface area contributed by atoms with Crippen LogP contribution in [0.3, 0.4) is 0 Å². The molecule has 0 amide bonds. The number of sulfonamides is 1. The Labute approximate surface area is 110 Å². The molecule has 5 nitrogen and oxygen atoms in total. The number of primary sulfonamides is 1. The molecule has 0 spiro atoms. The van der Waals surface area contributed by atoms with E-state index in [1.165, 1.54) is 24.3 Å². The SMILES string of the molecule is NS(=O)(=O)c1ccc(OC(=O)c2ccccc2)cc1. The van der Waals surface area contributed by atoms with E-state index in [0.29, 0.717) is 5.56 Å². The number of hydrogen-bond acceptors (Lipinski definition) is 4. The highest BCUT2D eigenvalue weighted by Gasteiger charge is 2.10. The van der Waals surface area contributed by atoms with Crippen LogP contribution in [0.4, 0.5) is 0 Å². The number of ether oxygens (including phenoxy) is 1. The Hall–Kier alpha value is -2.18. The zero-order valence-electron chi connectivity index (χ0n) is 9.81. The Kier molecular flexibility index (Phi) is 3.64. The highest BCUT2D eigenvalue weighted by atomic mass is 32.2. The summed E-state index contributed by atoms with van der Waals surface area (Å²) in [6.07, 6.45) is 0. The summed E-state index contributed by atoms with van der Waals surface area (Å²) in [6.45, 7) is 0. The normalized spacial score (nSPS) is 11.0. The molecule has 0 atom stereocenters. The first kappa shape index (κ1) is 13.3. The molecule has 0 radical (unpaired) electrons. The fourth-order valence-corrected chi connectivity index (χ4v) is 1.95. The van der Waals surface area contributed by atoms with Crippen LogP contribution < -0.4 is 9.88 Å². The fourth-order valence-electron chi connectivity index (χ4n) is 1.44. The van der Waals surface area contributed by atoms with E-state index in [2.05, 4.69) is 0 Å². The first-order valence-electron chi connectivity index (χ1n) is 5.37. The Bertz CT molecular complexity index is 678. The largest absolute Gasteiger partial charge is 0.423 e. The van der Waals surface area contributed by atoms with Crippen molar-refractivity contribution in [1.82, 2.24) is 0 Å². The van der Waals surface area contributed by atoms with Crippen LogP contribution in [0.15, 0.2) is 59.5 Å². The van der Waals surface area contributed by atoms with Crippen molar-refractivity contribution in [1.29, 1.82) is 0 Å². The maximum Gasteiger partial charge on any atom is 0.343 e. The van der Waals surface area contributed by atoms with E-state index in [-0.39, 0.29) is 10.6 Å². The van der Waals surface area contributed by atoms with Gasteiger partial charge >= 0.3 is 5.97 Å². The summed E-state index contributed by atoms with van der Waals surface area (Å²) in [5.74, 6) is -0.259. The molecule has 0 heterocycles. The van der Waals surface area contributed by atoms with Gasteiger partial charge in [-0.15, -0.1) is 0 Å². The van der Waals surface area contributed by atoms with Crippen LogP contribution in [-0.2, 0) is 10.0 Å². The smallest absolute Gasteiger partial charge is 0.343 e. The van der Waals surface area contributed by atoms with E-state index >= 15 is 0 Å². The number of hydrogen-bond donors (Lipinski definition) is 1. The summed E-state index contributed by atoms with van der Waals surface area (Å²) >= 11 is 0. The van der Waals surface area contributed by atoms with E-state index < -0.39 is 16.0 Å². The first-order chi connectivity index (χ1) is 8.97. The van der Waals surface area contributed by atoms with Gasteiger partial charge in [-0.25, -0.2) is 18.4 Å². The molecule has 6 heteroatoms. The van der Waals surface area contributed by atoms with Gasteiger partial charge in [-0.1, -0.05) is 18.2 Å². The molecule has 19 heavy (non-hydrogen) atoms. The zero-order valence-corrected chi connectivity index (χ0v) is 10.6. The molecular weight excluding hydrogens is 266 g/mol. The summed E-state index contributed by atoms with van der Waals surface area (Å²) < 4.78 is 27.2. The molecule has 0 aliphatic heterocycles. The van der Waals surface area contributed by atoms with Gasteiger partial charge in [0.25, 0.3) is 0 Å². The number of rotatable bonds is 3. The van der Waals surface area contributed by atoms with Gasteiger partial charge in [0, 0.05) is 0 Å². The molecule has 0 aliphatic carbocycles. The lowest BCUT2D eigenvalue weighted by Gasteiger charge is -2.04. The van der Waals surface area contributed by atoms with Crippen molar-refractivity contribution in [2.75, 3.05) is 0 Å². The minimum atomic E-state index is -3.74. The summed E-state index contributed by atoms with van der Waals surface area (Å²) in [4.78, 5) is 11.7. The summed E-state index contributed by atoms with van der Waals surface area (Å²) in [5, 5.41) is 4.96. The second kappa shape index (κ2) is 5.21. The highest BCUT2D eigenvalue weighted by Crippen LogP contribution is 2.16. The van der Waals surface area contributed by atoms with E-state index in [9.17, 15) is 13.2 Å². The standard InChI is InChI=1S/C13H11NO4S/c14-19(16,17)12-8-6-11(7-9-12)18-13(15)10-4-2-1-3-5-10/h1-9H,(H2,14,16,17). The Morgan fingerprint density at radius 3 is 2.05 bits per heavy atom. The van der Waals surface area contributed by atoms with Crippen LogP contribution in [0, 0.1) is 0 Å². The predicted octanol–water partition coefficient (Wildman–Crippen LogP) is 1.55. The number of carbonyl (C=O) groups is 1. The van der Waals surface area contributed by atoms with Gasteiger partial charge in [0.1, 0.15) is 5.75 Å². The van der Waals surface area contributed by atoms with Crippen LogP contribution in [0.5, 0.6) is 5.75 Å². The third kappa shape index (κ3) is 3.40. The van der Waals surface area contributed by atoms with Crippen LogP contribution in [-0.4, -0.2) is 14.4 Å². The number of esters is 1. The first-order valence-corrected chi connectivity index (χ1v) is 6.91. The lowest BCUT2D eigenvalue weighted by atomic mass is 10.2. The van der Waals surface area contributed by atoms with Crippen molar-refractivity contribution in [2.45, 2.75) is 4.90 Å². The van der Waals surface area contributed by atoms with Gasteiger partial charge in [-0.3, -0.25) is 0 Å². The second-order valence-corrected chi connectivity index (χ2v) is 5.33. The number of nitrogens with two attached hydrogens (primary N) is 1. The van der Waals surface area contributed by atoms with E-state index in [0.717, 1.165) is 0 Å². The molecule has 98 valence electrons. The number of benzene rings is 2. The zero-order chi connectivity index (χ0) is 13.9. The van der Waals surface area contributed by atoms with E-state index in [1.807, 2.05) is 0 Å². The topological polar surface area (TPSA) is 86.5 Å². The van der Waals surface area contributed by atoms with Crippen molar-refractivity contribution >= 4 is 16.0 Å². The molecule has 2 aromatic carbocycles. The molecule has 2 rings (SSSR count). The van der Waals surface area contributed by atoms with Gasteiger partial charge in [0.05, 0.1) is 10.5 Å². The summed E-state index contributed by atoms with van der Waals surface area (Å²) in [5.41, 5.74) is 0.415. The van der Waals surface area contributed by atoms with Crippen molar-refractivity contribution in [3.63, 3.8) is 0 Å². The maximum absolute atomic E-state index is 11.7. The fraction of sp³-hybridized carbons (Fsp3) is 0.